The fourth-order valence-corrected chi connectivity index (χ4v) is 2.58. The third-order valence-corrected chi connectivity index (χ3v) is 3.83. The Morgan fingerprint density at radius 2 is 1.79 bits per heavy atom. The normalized spacial score (nSPS) is 17.1. The molecule has 0 spiro atoms. The van der Waals surface area contributed by atoms with Gasteiger partial charge in [0.05, 0.1) is 5.52 Å². The van der Waals surface area contributed by atoms with Gasteiger partial charge in [-0.25, -0.2) is 9.37 Å². The lowest BCUT2D eigenvalue weighted by Gasteiger charge is -2.34. The molecular weight excluding hydrogens is 241 g/mol. The number of rotatable bonds is 1. The molecule has 0 saturated carbocycles. The number of likely N-dealkylation sites (N-methyl/N-ethyl adjacent to an activating group) is 1. The van der Waals surface area contributed by atoms with E-state index >= 15 is 0 Å². The van der Waals surface area contributed by atoms with Crippen LogP contribution >= 0.6 is 0 Å². The summed E-state index contributed by atoms with van der Waals surface area (Å²) in [6, 6.07) is 7.41. The summed E-state index contributed by atoms with van der Waals surface area (Å²) < 4.78 is 14.4. The number of aromatic nitrogens is 1. The van der Waals surface area contributed by atoms with E-state index < -0.39 is 0 Å². The largest absolute Gasteiger partial charge is 0.354 e. The lowest BCUT2D eigenvalue weighted by Crippen LogP contribution is -2.45. The summed E-state index contributed by atoms with van der Waals surface area (Å²) in [7, 11) is 2.11. The first-order valence-electron chi connectivity index (χ1n) is 6.65. The molecule has 100 valence electrons. The number of hydrogen-bond donors (Lipinski definition) is 0. The molecule has 0 aliphatic carbocycles. The maximum absolute atomic E-state index is 14.4. The van der Waals surface area contributed by atoms with Crippen LogP contribution in [0.5, 0.6) is 0 Å². The molecule has 0 unspecified atom stereocenters. The molecule has 1 fully saturated rings. The highest BCUT2D eigenvalue weighted by Crippen LogP contribution is 2.27. The quantitative estimate of drug-likeness (QED) is 0.784. The van der Waals surface area contributed by atoms with Crippen LogP contribution < -0.4 is 4.90 Å². The summed E-state index contributed by atoms with van der Waals surface area (Å²) >= 11 is 0. The van der Waals surface area contributed by atoms with Crippen molar-refractivity contribution in [1.29, 1.82) is 0 Å². The van der Waals surface area contributed by atoms with Gasteiger partial charge in [0.15, 0.2) is 0 Å². The van der Waals surface area contributed by atoms with Crippen LogP contribution in [0.3, 0.4) is 0 Å². The van der Waals surface area contributed by atoms with Crippen LogP contribution in [0.1, 0.15) is 5.56 Å². The highest BCUT2D eigenvalue weighted by atomic mass is 19.1. The van der Waals surface area contributed by atoms with Gasteiger partial charge in [-0.1, -0.05) is 12.1 Å². The van der Waals surface area contributed by atoms with Gasteiger partial charge in [0.25, 0.3) is 0 Å². The van der Waals surface area contributed by atoms with Crippen LogP contribution in [-0.4, -0.2) is 43.1 Å². The topological polar surface area (TPSA) is 19.4 Å². The number of para-hydroxylation sites is 1. The SMILES string of the molecule is Cc1c(N2CCN(C)CC2)nc2ccccc2c1F. The number of pyridine rings is 1. The number of anilines is 1. The van der Waals surface area contributed by atoms with Gasteiger partial charge in [0, 0.05) is 37.1 Å². The fraction of sp³-hybridized carbons (Fsp3) is 0.400. The number of benzene rings is 1. The van der Waals surface area contributed by atoms with Gasteiger partial charge in [-0.3, -0.25) is 0 Å². The zero-order valence-electron chi connectivity index (χ0n) is 11.4. The predicted molar refractivity (Wildman–Crippen MR) is 76.1 cm³/mol. The minimum Gasteiger partial charge on any atom is -0.354 e. The number of hydrogen-bond acceptors (Lipinski definition) is 3. The first-order chi connectivity index (χ1) is 9.16. The van der Waals surface area contributed by atoms with Crippen molar-refractivity contribution < 1.29 is 4.39 Å². The molecule has 1 aromatic carbocycles. The van der Waals surface area contributed by atoms with Crippen molar-refractivity contribution in [3.05, 3.63) is 35.6 Å². The molecule has 1 aliphatic heterocycles. The van der Waals surface area contributed by atoms with E-state index in [9.17, 15) is 4.39 Å². The molecule has 0 radical (unpaired) electrons. The molecule has 4 heteroatoms. The van der Waals surface area contributed by atoms with E-state index in [2.05, 4.69) is 21.8 Å². The maximum Gasteiger partial charge on any atom is 0.139 e. The van der Waals surface area contributed by atoms with Crippen LogP contribution in [0, 0.1) is 12.7 Å². The van der Waals surface area contributed by atoms with E-state index in [0.717, 1.165) is 37.5 Å². The van der Waals surface area contributed by atoms with Crippen LogP contribution in [-0.2, 0) is 0 Å². The monoisotopic (exact) mass is 259 g/mol. The Morgan fingerprint density at radius 3 is 2.53 bits per heavy atom. The third kappa shape index (κ3) is 2.16. The van der Waals surface area contributed by atoms with E-state index in [0.29, 0.717) is 10.9 Å². The van der Waals surface area contributed by atoms with Gasteiger partial charge in [-0.2, -0.15) is 0 Å². The highest BCUT2D eigenvalue weighted by Gasteiger charge is 2.20. The van der Waals surface area contributed by atoms with E-state index in [1.54, 1.807) is 6.07 Å². The summed E-state index contributed by atoms with van der Waals surface area (Å²) in [4.78, 5) is 9.12. The predicted octanol–water partition coefficient (Wildman–Crippen LogP) is 2.43. The van der Waals surface area contributed by atoms with Crippen LogP contribution in [0.2, 0.25) is 0 Å². The minimum absolute atomic E-state index is 0.139. The van der Waals surface area contributed by atoms with Crippen molar-refractivity contribution in [2.24, 2.45) is 0 Å². The van der Waals surface area contributed by atoms with Crippen molar-refractivity contribution in [1.82, 2.24) is 9.88 Å². The van der Waals surface area contributed by atoms with E-state index in [1.165, 1.54) is 0 Å². The lowest BCUT2D eigenvalue weighted by atomic mass is 10.1. The lowest BCUT2D eigenvalue weighted by molar-refractivity contribution is 0.312. The number of nitrogens with zero attached hydrogens (tertiary/aromatic N) is 3. The van der Waals surface area contributed by atoms with Gasteiger partial charge in [-0.15, -0.1) is 0 Å². The van der Waals surface area contributed by atoms with Gasteiger partial charge >= 0.3 is 0 Å². The summed E-state index contributed by atoms with van der Waals surface area (Å²) in [5.74, 6) is 0.656. The molecule has 0 amide bonds. The van der Waals surface area contributed by atoms with Gasteiger partial charge < -0.3 is 9.80 Å². The molecule has 0 atom stereocenters. The number of fused-ring (bicyclic) bond motifs is 1. The van der Waals surface area contributed by atoms with Gasteiger partial charge in [0.2, 0.25) is 0 Å². The second kappa shape index (κ2) is 4.78. The Labute approximate surface area is 112 Å². The zero-order chi connectivity index (χ0) is 13.4. The average Bonchev–Trinajstić information content (AvgIpc) is 2.44. The van der Waals surface area contributed by atoms with E-state index in [-0.39, 0.29) is 5.82 Å². The molecule has 1 aromatic heterocycles. The molecule has 0 bridgehead atoms. The van der Waals surface area contributed by atoms with Gasteiger partial charge in [0.1, 0.15) is 11.6 Å². The van der Waals surface area contributed by atoms with Crippen molar-refractivity contribution in [3.63, 3.8) is 0 Å². The first kappa shape index (κ1) is 12.4. The Balaban J connectivity index is 2.06. The van der Waals surface area contributed by atoms with Crippen molar-refractivity contribution in [3.8, 4) is 0 Å². The molecule has 0 N–H and O–H groups in total. The summed E-state index contributed by atoms with van der Waals surface area (Å²) in [6.07, 6.45) is 0. The molecular formula is C15H18FN3. The average molecular weight is 259 g/mol. The number of piperazine rings is 1. The maximum atomic E-state index is 14.4. The Kier molecular flexibility index (Phi) is 3.11. The Hall–Kier alpha value is -1.68. The molecule has 19 heavy (non-hydrogen) atoms. The Morgan fingerprint density at radius 1 is 1.11 bits per heavy atom. The third-order valence-electron chi connectivity index (χ3n) is 3.83. The summed E-state index contributed by atoms with van der Waals surface area (Å²) in [5.41, 5.74) is 1.39. The zero-order valence-corrected chi connectivity index (χ0v) is 11.4. The van der Waals surface area contributed by atoms with Crippen LogP contribution in [0.4, 0.5) is 10.2 Å². The highest BCUT2D eigenvalue weighted by molar-refractivity contribution is 5.82. The first-order valence-corrected chi connectivity index (χ1v) is 6.65. The molecule has 3 rings (SSSR count). The van der Waals surface area contributed by atoms with Crippen LogP contribution in [0.15, 0.2) is 24.3 Å². The Bertz CT molecular complexity index is 604. The summed E-state index contributed by atoms with van der Waals surface area (Å²) in [5, 5.41) is 0.609. The number of halogens is 1. The van der Waals surface area contributed by atoms with Crippen molar-refractivity contribution >= 4 is 16.7 Å². The molecule has 1 aliphatic rings. The molecule has 2 aromatic rings. The summed E-state index contributed by atoms with van der Waals surface area (Å²) in [6.45, 7) is 5.62. The molecule has 1 saturated heterocycles. The molecule has 2 heterocycles. The van der Waals surface area contributed by atoms with Crippen molar-refractivity contribution in [2.45, 2.75) is 6.92 Å². The van der Waals surface area contributed by atoms with E-state index in [1.807, 2.05) is 25.1 Å². The smallest absolute Gasteiger partial charge is 0.139 e. The standard InChI is InChI=1S/C15H18FN3/c1-11-14(16)12-5-3-4-6-13(12)17-15(11)19-9-7-18(2)8-10-19/h3-6H,7-10H2,1-2H3. The second-order valence-electron chi connectivity index (χ2n) is 5.18. The second-order valence-corrected chi connectivity index (χ2v) is 5.18. The minimum atomic E-state index is -0.139. The van der Waals surface area contributed by atoms with Crippen molar-refractivity contribution in [2.75, 3.05) is 38.1 Å². The van der Waals surface area contributed by atoms with Crippen LogP contribution in [0.25, 0.3) is 10.9 Å². The van der Waals surface area contributed by atoms with E-state index in [4.69, 9.17) is 0 Å². The molecule has 3 nitrogen and oxygen atoms in total. The fourth-order valence-electron chi connectivity index (χ4n) is 2.58. The van der Waals surface area contributed by atoms with Gasteiger partial charge in [-0.05, 0) is 26.1 Å².